The van der Waals surface area contributed by atoms with Crippen molar-refractivity contribution in [2.75, 3.05) is 12.3 Å². The molecule has 7 nitrogen and oxygen atoms in total. The summed E-state index contributed by atoms with van der Waals surface area (Å²) >= 11 is 0. The first kappa shape index (κ1) is 21.4. The molecule has 0 aliphatic carbocycles. The second kappa shape index (κ2) is 8.01. The van der Waals surface area contributed by atoms with Gasteiger partial charge in [0, 0.05) is 32.5 Å². The van der Waals surface area contributed by atoms with Crippen LogP contribution in [0.3, 0.4) is 0 Å². The first-order valence-corrected chi connectivity index (χ1v) is 14.3. The molecule has 8 heteroatoms. The molecule has 2 N–H and O–H groups in total. The zero-order valence-corrected chi connectivity index (χ0v) is 19.5. The van der Waals surface area contributed by atoms with E-state index in [0.717, 1.165) is 17.2 Å². The summed E-state index contributed by atoms with van der Waals surface area (Å²) < 4.78 is 12.7. The Hall–Kier alpha value is -2.84. The van der Waals surface area contributed by atoms with Crippen LogP contribution in [-0.2, 0) is 18.0 Å². The van der Waals surface area contributed by atoms with Crippen LogP contribution >= 0.6 is 0 Å². The van der Waals surface area contributed by atoms with Crippen molar-refractivity contribution in [2.24, 2.45) is 0 Å². The highest BCUT2D eigenvalue weighted by Crippen LogP contribution is 2.35. The molecule has 2 heterocycles. The molecule has 0 bridgehead atoms. The summed E-state index contributed by atoms with van der Waals surface area (Å²) in [5.41, 5.74) is 10.3. The molecule has 1 aromatic heterocycles. The third-order valence-corrected chi connectivity index (χ3v) is 7.49. The Morgan fingerprint density at radius 2 is 1.90 bits per heavy atom. The van der Waals surface area contributed by atoms with E-state index in [9.17, 15) is 9.59 Å². The molecule has 0 radical (unpaired) electrons. The minimum atomic E-state index is -1.18. The minimum absolute atomic E-state index is 0.0163. The molecule has 1 amide bonds. The maximum Gasteiger partial charge on any atom is 0.421 e. The number of fused-ring (bicyclic) bond motifs is 2. The van der Waals surface area contributed by atoms with Gasteiger partial charge in [-0.1, -0.05) is 25.7 Å². The molecule has 1 aliphatic heterocycles. The molecule has 1 aliphatic rings. The van der Waals surface area contributed by atoms with E-state index in [1.807, 2.05) is 31.2 Å². The van der Waals surface area contributed by atoms with Crippen LogP contribution < -0.4 is 11.5 Å². The molecular formula is C23H29N3O4Si. The number of oxazole rings is 1. The van der Waals surface area contributed by atoms with E-state index >= 15 is 0 Å². The van der Waals surface area contributed by atoms with Gasteiger partial charge in [-0.15, -0.1) is 0 Å². The summed E-state index contributed by atoms with van der Waals surface area (Å²) in [5.74, 6) is -0.453. The molecule has 164 valence electrons. The lowest BCUT2D eigenvalue weighted by Gasteiger charge is -2.22. The summed E-state index contributed by atoms with van der Waals surface area (Å²) in [6.07, 6.45) is 0. The predicted molar refractivity (Wildman–Crippen MR) is 124 cm³/mol. The van der Waals surface area contributed by atoms with Gasteiger partial charge in [0.25, 0.3) is 5.91 Å². The fourth-order valence-corrected chi connectivity index (χ4v) is 4.65. The molecule has 0 spiro atoms. The van der Waals surface area contributed by atoms with Gasteiger partial charge in [0.2, 0.25) is 0 Å². The third kappa shape index (κ3) is 4.31. The Kier molecular flexibility index (Phi) is 5.53. The van der Waals surface area contributed by atoms with Crippen molar-refractivity contribution in [1.29, 1.82) is 0 Å². The van der Waals surface area contributed by atoms with Crippen LogP contribution in [0.25, 0.3) is 11.1 Å². The van der Waals surface area contributed by atoms with E-state index in [4.69, 9.17) is 14.9 Å². The number of hydrogen-bond acceptors (Lipinski definition) is 5. The van der Waals surface area contributed by atoms with E-state index in [2.05, 4.69) is 19.6 Å². The number of anilines is 1. The van der Waals surface area contributed by atoms with Gasteiger partial charge in [0.1, 0.15) is 6.73 Å². The van der Waals surface area contributed by atoms with E-state index in [1.54, 1.807) is 17.0 Å². The van der Waals surface area contributed by atoms with Crippen LogP contribution in [-0.4, -0.2) is 30.1 Å². The van der Waals surface area contributed by atoms with Crippen molar-refractivity contribution in [1.82, 2.24) is 9.47 Å². The highest BCUT2D eigenvalue weighted by atomic mass is 28.3. The van der Waals surface area contributed by atoms with E-state index < -0.39 is 13.8 Å². The number of amides is 1. The second-order valence-corrected chi connectivity index (χ2v) is 15.0. The molecule has 1 atom stereocenters. The molecule has 0 saturated carbocycles. The van der Waals surface area contributed by atoms with Gasteiger partial charge in [-0.05, 0) is 54.4 Å². The zero-order valence-electron chi connectivity index (χ0n) is 18.5. The van der Waals surface area contributed by atoms with E-state index in [0.29, 0.717) is 35.5 Å². The molecule has 4 rings (SSSR count). The summed E-state index contributed by atoms with van der Waals surface area (Å²) in [4.78, 5) is 27.0. The zero-order chi connectivity index (χ0) is 22.3. The van der Waals surface area contributed by atoms with Gasteiger partial charge >= 0.3 is 5.76 Å². The van der Waals surface area contributed by atoms with E-state index in [1.165, 1.54) is 4.57 Å². The third-order valence-electron chi connectivity index (χ3n) is 5.79. The van der Waals surface area contributed by atoms with Gasteiger partial charge < -0.3 is 19.8 Å². The molecule has 3 aromatic rings. The van der Waals surface area contributed by atoms with Crippen molar-refractivity contribution < 1.29 is 13.9 Å². The highest BCUT2D eigenvalue weighted by molar-refractivity contribution is 6.76. The van der Waals surface area contributed by atoms with Gasteiger partial charge in [0.15, 0.2) is 5.58 Å². The summed E-state index contributed by atoms with van der Waals surface area (Å²) in [7, 11) is -1.18. The fourth-order valence-electron chi connectivity index (χ4n) is 3.89. The normalized spacial score (nSPS) is 16.3. The summed E-state index contributed by atoms with van der Waals surface area (Å²) in [6.45, 7) is 10.1. The van der Waals surface area contributed by atoms with Crippen molar-refractivity contribution in [3.63, 3.8) is 0 Å². The lowest BCUT2D eigenvalue weighted by molar-refractivity contribution is 0.0723. The quantitative estimate of drug-likeness (QED) is 0.338. The average Bonchev–Trinajstić information content (AvgIpc) is 3.12. The number of hydrogen-bond donors (Lipinski definition) is 1. The minimum Gasteiger partial charge on any atom is -0.408 e. The van der Waals surface area contributed by atoms with Crippen molar-refractivity contribution in [3.8, 4) is 0 Å². The SMILES string of the molecule is CC1c2cc(N)ccc2C(=O)N1Cc1ccc2c(c1)oc(=O)n2COCC[Si](C)(C)C. The maximum absolute atomic E-state index is 12.9. The number of carbonyl (C=O) groups excluding carboxylic acids is 1. The number of benzene rings is 2. The fraction of sp³-hybridized carbons (Fsp3) is 0.391. The lowest BCUT2D eigenvalue weighted by Crippen LogP contribution is -2.26. The molecule has 31 heavy (non-hydrogen) atoms. The number of nitrogen functional groups attached to an aromatic ring is 1. The number of rotatable bonds is 7. The van der Waals surface area contributed by atoms with Gasteiger partial charge in [-0.3, -0.25) is 4.79 Å². The topological polar surface area (TPSA) is 90.7 Å². The van der Waals surface area contributed by atoms with Crippen LogP contribution in [0.1, 0.15) is 34.5 Å². The smallest absolute Gasteiger partial charge is 0.408 e. The Morgan fingerprint density at radius 1 is 1.13 bits per heavy atom. The number of ether oxygens (including phenoxy) is 1. The number of nitrogens with two attached hydrogens (primary N) is 1. The summed E-state index contributed by atoms with van der Waals surface area (Å²) in [6, 6.07) is 12.0. The standard InChI is InChI=1S/C23H29N3O4Si/c1-15-19-12-17(24)6-7-18(19)22(27)25(15)13-16-5-8-20-21(11-16)30-23(28)26(20)14-29-9-10-31(2,3)4/h5-8,11-12,15H,9-10,13-14,24H2,1-4H3. The van der Waals surface area contributed by atoms with Crippen molar-refractivity contribution in [3.05, 3.63) is 63.6 Å². The largest absolute Gasteiger partial charge is 0.421 e. The molecule has 0 saturated heterocycles. The Morgan fingerprint density at radius 3 is 2.65 bits per heavy atom. The van der Waals surface area contributed by atoms with Crippen LogP contribution in [0.2, 0.25) is 25.7 Å². The van der Waals surface area contributed by atoms with Crippen LogP contribution in [0, 0.1) is 0 Å². The molecule has 0 fully saturated rings. The first-order valence-electron chi connectivity index (χ1n) is 10.5. The van der Waals surface area contributed by atoms with E-state index in [-0.39, 0.29) is 18.7 Å². The maximum atomic E-state index is 12.9. The monoisotopic (exact) mass is 439 g/mol. The van der Waals surface area contributed by atoms with Gasteiger partial charge in [-0.2, -0.15) is 0 Å². The van der Waals surface area contributed by atoms with Crippen molar-refractivity contribution >= 4 is 30.8 Å². The van der Waals surface area contributed by atoms with Crippen LogP contribution in [0.15, 0.2) is 45.6 Å². The van der Waals surface area contributed by atoms with Crippen LogP contribution in [0.5, 0.6) is 0 Å². The number of carbonyl (C=O) groups is 1. The molecular weight excluding hydrogens is 410 g/mol. The average molecular weight is 440 g/mol. The van der Waals surface area contributed by atoms with Gasteiger partial charge in [0.05, 0.1) is 11.6 Å². The number of nitrogens with zero attached hydrogens (tertiary/aromatic N) is 2. The Balaban J connectivity index is 1.50. The molecule has 1 unspecified atom stereocenters. The molecule has 2 aromatic carbocycles. The lowest BCUT2D eigenvalue weighted by atomic mass is 10.1. The number of aromatic nitrogens is 1. The Labute approximate surface area is 182 Å². The van der Waals surface area contributed by atoms with Gasteiger partial charge in [-0.25, -0.2) is 9.36 Å². The van der Waals surface area contributed by atoms with Crippen molar-refractivity contribution in [2.45, 2.75) is 51.9 Å². The second-order valence-electron chi connectivity index (χ2n) is 9.40. The predicted octanol–water partition coefficient (Wildman–Crippen LogP) is 4.21. The Bertz CT molecular complexity index is 1190. The highest BCUT2D eigenvalue weighted by Gasteiger charge is 2.33. The van der Waals surface area contributed by atoms with Crippen LogP contribution in [0.4, 0.5) is 5.69 Å². The first-order chi connectivity index (χ1) is 14.6. The summed E-state index contributed by atoms with van der Waals surface area (Å²) in [5, 5.41) is 0.